The van der Waals surface area contributed by atoms with Crippen molar-refractivity contribution in [2.24, 2.45) is 5.10 Å². The summed E-state index contributed by atoms with van der Waals surface area (Å²) in [5.41, 5.74) is 3.61. The lowest BCUT2D eigenvalue weighted by Gasteiger charge is -2.08. The minimum Gasteiger partial charge on any atom is -0.492 e. The van der Waals surface area contributed by atoms with E-state index >= 15 is 0 Å². The van der Waals surface area contributed by atoms with Crippen LogP contribution in [-0.4, -0.2) is 18.7 Å². The van der Waals surface area contributed by atoms with Gasteiger partial charge >= 0.3 is 0 Å². The molecule has 5 nitrogen and oxygen atoms in total. The fourth-order valence-electron chi connectivity index (χ4n) is 1.76. The first kappa shape index (κ1) is 17.7. The van der Waals surface area contributed by atoms with Crippen LogP contribution >= 0.6 is 31.9 Å². The number of carbonyl (C=O) groups excluding carboxylic acids is 1. The number of rotatable bonds is 7. The number of hydrazone groups is 1. The van der Waals surface area contributed by atoms with Gasteiger partial charge in [0.15, 0.2) is 4.67 Å². The fraction of sp³-hybridized carbons (Fsp3) is 0.250. The van der Waals surface area contributed by atoms with Gasteiger partial charge in [-0.2, -0.15) is 5.10 Å². The van der Waals surface area contributed by atoms with Gasteiger partial charge in [0, 0.05) is 6.42 Å². The van der Waals surface area contributed by atoms with Crippen LogP contribution in [0.25, 0.3) is 0 Å². The molecule has 2 rings (SSSR count). The molecule has 0 radical (unpaired) electrons. The van der Waals surface area contributed by atoms with Crippen molar-refractivity contribution in [2.45, 2.75) is 19.8 Å². The molecule has 0 bridgehead atoms. The average molecular weight is 444 g/mol. The van der Waals surface area contributed by atoms with E-state index in [1.54, 1.807) is 12.1 Å². The van der Waals surface area contributed by atoms with E-state index in [-0.39, 0.29) is 5.91 Å². The Labute approximate surface area is 151 Å². The third-order valence-corrected chi connectivity index (χ3v) is 3.91. The fourth-order valence-corrected chi connectivity index (χ4v) is 2.69. The second kappa shape index (κ2) is 8.88. The molecule has 1 amide bonds. The van der Waals surface area contributed by atoms with Crippen LogP contribution in [0.1, 0.15) is 24.2 Å². The van der Waals surface area contributed by atoms with E-state index in [1.165, 1.54) is 6.21 Å². The van der Waals surface area contributed by atoms with E-state index < -0.39 is 0 Å². The monoisotopic (exact) mass is 442 g/mol. The highest BCUT2D eigenvalue weighted by molar-refractivity contribution is 9.10. The van der Waals surface area contributed by atoms with Crippen LogP contribution in [0.4, 0.5) is 0 Å². The maximum absolute atomic E-state index is 11.6. The molecule has 0 aliphatic heterocycles. The highest BCUT2D eigenvalue weighted by atomic mass is 79.9. The molecule has 0 atom stereocenters. The van der Waals surface area contributed by atoms with Crippen molar-refractivity contribution in [1.29, 1.82) is 0 Å². The number of hydrogen-bond acceptors (Lipinski definition) is 4. The third-order valence-electron chi connectivity index (χ3n) is 2.87. The summed E-state index contributed by atoms with van der Waals surface area (Å²) in [5.74, 6) is 1.17. The number of aryl methyl sites for hydroxylation is 1. The van der Waals surface area contributed by atoms with Crippen LogP contribution in [0.2, 0.25) is 0 Å². The smallest absolute Gasteiger partial charge is 0.240 e. The zero-order valence-corrected chi connectivity index (χ0v) is 15.7. The number of nitrogens with one attached hydrogen (secondary N) is 1. The van der Waals surface area contributed by atoms with Crippen molar-refractivity contribution in [3.05, 3.63) is 50.8 Å². The minimum atomic E-state index is -0.168. The third kappa shape index (κ3) is 6.19. The topological polar surface area (TPSA) is 63.8 Å². The summed E-state index contributed by atoms with van der Waals surface area (Å²) >= 11 is 6.64. The van der Waals surface area contributed by atoms with Gasteiger partial charge < -0.3 is 9.15 Å². The summed E-state index contributed by atoms with van der Waals surface area (Å²) in [6.07, 6.45) is 2.39. The maximum Gasteiger partial charge on any atom is 0.240 e. The molecule has 122 valence electrons. The van der Waals surface area contributed by atoms with Crippen LogP contribution < -0.4 is 10.2 Å². The van der Waals surface area contributed by atoms with E-state index in [0.717, 1.165) is 15.8 Å². The summed E-state index contributed by atoms with van der Waals surface area (Å²) in [5, 5.41) is 3.83. The van der Waals surface area contributed by atoms with Gasteiger partial charge in [0.2, 0.25) is 5.91 Å². The van der Waals surface area contributed by atoms with Crippen LogP contribution in [0.3, 0.4) is 0 Å². The molecule has 1 aromatic heterocycles. The Balaban J connectivity index is 1.65. The molecule has 7 heteroatoms. The average Bonchev–Trinajstić information content (AvgIpc) is 2.91. The number of halogens is 2. The molecule has 1 heterocycles. The van der Waals surface area contributed by atoms with Crippen molar-refractivity contribution in [2.75, 3.05) is 6.61 Å². The Morgan fingerprint density at radius 2 is 2.17 bits per heavy atom. The van der Waals surface area contributed by atoms with Gasteiger partial charge in [0.25, 0.3) is 0 Å². The molecule has 1 N–H and O–H groups in total. The summed E-state index contributed by atoms with van der Waals surface area (Å²) in [4.78, 5) is 11.6. The Hall–Kier alpha value is -1.60. The van der Waals surface area contributed by atoms with Crippen molar-refractivity contribution in [3.8, 4) is 5.75 Å². The number of furan rings is 1. The quantitative estimate of drug-likeness (QED) is 0.391. The van der Waals surface area contributed by atoms with Gasteiger partial charge in [-0.3, -0.25) is 4.79 Å². The summed E-state index contributed by atoms with van der Waals surface area (Å²) in [6, 6.07) is 9.38. The SMILES string of the molecule is Cc1ccc(OCCCC(=O)N/N=C/c2ccc(Br)o2)c(Br)c1. The van der Waals surface area contributed by atoms with Gasteiger partial charge in [0.05, 0.1) is 17.3 Å². The Bertz CT molecular complexity index is 698. The molecule has 0 spiro atoms. The molecule has 23 heavy (non-hydrogen) atoms. The molecule has 0 saturated heterocycles. The maximum atomic E-state index is 11.6. The second-order valence-electron chi connectivity index (χ2n) is 4.82. The van der Waals surface area contributed by atoms with Crippen LogP contribution in [-0.2, 0) is 4.79 Å². The lowest BCUT2D eigenvalue weighted by Crippen LogP contribution is -2.18. The summed E-state index contributed by atoms with van der Waals surface area (Å²) in [6.45, 7) is 2.48. The standard InChI is InChI=1S/C16H16Br2N2O3/c1-11-4-6-14(13(17)9-11)22-8-2-3-16(21)20-19-10-12-5-7-15(18)23-12/h4-7,9-10H,2-3,8H2,1H3,(H,20,21)/b19-10+. The number of carbonyl (C=O) groups is 1. The second-order valence-corrected chi connectivity index (χ2v) is 6.46. The number of ether oxygens (including phenoxy) is 1. The molecule has 0 fully saturated rings. The molecular formula is C16H16Br2N2O3. The number of hydrogen-bond donors (Lipinski definition) is 1. The first-order chi connectivity index (χ1) is 11.0. The normalized spacial score (nSPS) is 10.9. The van der Waals surface area contributed by atoms with E-state index in [2.05, 4.69) is 42.4 Å². The predicted octanol–water partition coefficient (Wildman–Crippen LogP) is 4.42. The van der Waals surface area contributed by atoms with E-state index in [1.807, 2.05) is 25.1 Å². The molecule has 2 aromatic rings. The number of benzene rings is 1. The summed E-state index contributed by atoms with van der Waals surface area (Å²) < 4.78 is 12.4. The zero-order valence-electron chi connectivity index (χ0n) is 12.5. The Kier molecular flexibility index (Phi) is 6.85. The van der Waals surface area contributed by atoms with Gasteiger partial charge in [-0.25, -0.2) is 5.43 Å². The van der Waals surface area contributed by atoms with Gasteiger partial charge in [-0.1, -0.05) is 6.07 Å². The summed E-state index contributed by atoms with van der Waals surface area (Å²) in [7, 11) is 0. The van der Waals surface area contributed by atoms with Crippen molar-refractivity contribution >= 4 is 44.0 Å². The van der Waals surface area contributed by atoms with Crippen LogP contribution in [0.15, 0.2) is 49.0 Å². The number of nitrogens with zero attached hydrogens (tertiary/aromatic N) is 1. The van der Waals surface area contributed by atoms with E-state index in [4.69, 9.17) is 9.15 Å². The molecule has 0 unspecified atom stereocenters. The largest absolute Gasteiger partial charge is 0.492 e. The van der Waals surface area contributed by atoms with Crippen LogP contribution in [0.5, 0.6) is 5.75 Å². The minimum absolute atomic E-state index is 0.168. The van der Waals surface area contributed by atoms with Gasteiger partial charge in [-0.15, -0.1) is 0 Å². The Morgan fingerprint density at radius 3 is 2.87 bits per heavy atom. The lowest BCUT2D eigenvalue weighted by molar-refractivity contribution is -0.121. The highest BCUT2D eigenvalue weighted by Gasteiger charge is 2.03. The van der Waals surface area contributed by atoms with Gasteiger partial charge in [-0.05, 0) is 75.0 Å². The molecule has 1 aromatic carbocycles. The Morgan fingerprint density at radius 1 is 1.35 bits per heavy atom. The van der Waals surface area contributed by atoms with Crippen LogP contribution in [0, 0.1) is 6.92 Å². The van der Waals surface area contributed by atoms with Crippen molar-refractivity contribution in [1.82, 2.24) is 5.43 Å². The molecule has 0 aliphatic carbocycles. The molecular weight excluding hydrogens is 428 g/mol. The predicted molar refractivity (Wildman–Crippen MR) is 95.8 cm³/mol. The highest BCUT2D eigenvalue weighted by Crippen LogP contribution is 2.25. The van der Waals surface area contributed by atoms with E-state index in [9.17, 15) is 4.79 Å². The first-order valence-electron chi connectivity index (χ1n) is 7.01. The number of amides is 1. The van der Waals surface area contributed by atoms with Crippen molar-refractivity contribution in [3.63, 3.8) is 0 Å². The molecule has 0 saturated carbocycles. The van der Waals surface area contributed by atoms with Crippen molar-refractivity contribution < 1.29 is 13.9 Å². The zero-order chi connectivity index (χ0) is 16.7. The molecule has 0 aliphatic rings. The van der Waals surface area contributed by atoms with Gasteiger partial charge in [0.1, 0.15) is 11.5 Å². The first-order valence-corrected chi connectivity index (χ1v) is 8.59. The van der Waals surface area contributed by atoms with E-state index in [0.29, 0.717) is 29.9 Å². The lowest BCUT2D eigenvalue weighted by atomic mass is 10.2.